The zero-order valence-corrected chi connectivity index (χ0v) is 12.1. The number of aliphatic hydroxyl groups excluding tert-OH is 1. The molecule has 0 unspecified atom stereocenters. The van der Waals surface area contributed by atoms with Crippen molar-refractivity contribution in [2.24, 2.45) is 7.05 Å². The highest BCUT2D eigenvalue weighted by Crippen LogP contribution is 2.23. The fourth-order valence-corrected chi connectivity index (χ4v) is 2.77. The van der Waals surface area contributed by atoms with Crippen molar-refractivity contribution in [2.75, 3.05) is 6.54 Å². The molecule has 1 N–H and O–H groups in total. The first-order valence-corrected chi connectivity index (χ1v) is 6.94. The van der Waals surface area contributed by atoms with Crippen LogP contribution in [0.4, 0.5) is 0 Å². The molecule has 1 fully saturated rings. The zero-order chi connectivity index (χ0) is 15.0. The lowest BCUT2D eigenvalue weighted by atomic mass is 10.0. The Balaban J connectivity index is 1.78. The van der Waals surface area contributed by atoms with Gasteiger partial charge in [0.1, 0.15) is 5.76 Å². The van der Waals surface area contributed by atoms with Gasteiger partial charge in [0.05, 0.1) is 18.3 Å². The van der Waals surface area contributed by atoms with Crippen LogP contribution in [0.1, 0.15) is 28.2 Å². The number of rotatable bonds is 3. The molecule has 0 spiro atoms. The normalized spacial score (nSPS) is 22.0. The number of aromatic nitrogens is 3. The molecule has 0 saturated carbocycles. The summed E-state index contributed by atoms with van der Waals surface area (Å²) in [7, 11) is 1.84. The number of likely N-dealkylation sites (tertiary alicyclic amines) is 1. The summed E-state index contributed by atoms with van der Waals surface area (Å²) in [4.78, 5) is 14.2. The molecule has 0 aliphatic carbocycles. The summed E-state index contributed by atoms with van der Waals surface area (Å²) in [5.74, 6) is 0.402. The minimum absolute atomic E-state index is 0.197. The van der Waals surface area contributed by atoms with Crippen LogP contribution in [0.5, 0.6) is 0 Å². The van der Waals surface area contributed by atoms with Crippen LogP contribution in [0.2, 0.25) is 0 Å². The maximum Gasteiger partial charge on any atom is 0.276 e. The number of amides is 1. The van der Waals surface area contributed by atoms with E-state index in [1.807, 2.05) is 13.2 Å². The standard InChI is InChI=1S/C14H18N4O3/c1-9-5-11(16-21-9)14(20)18-4-3-13(19)12(18)6-10-7-15-17(2)8-10/h5,7-8,12-13,19H,3-4,6H2,1-2H3/t12-,13-/m1/s1. The molecule has 0 bridgehead atoms. The van der Waals surface area contributed by atoms with Gasteiger partial charge in [0.2, 0.25) is 0 Å². The number of hydrogen-bond donors (Lipinski definition) is 1. The SMILES string of the molecule is Cc1cc(C(=O)N2CC[C@@H](O)[C@H]2Cc2cnn(C)c2)no1. The second-order valence-corrected chi connectivity index (χ2v) is 5.47. The van der Waals surface area contributed by atoms with Crippen molar-refractivity contribution in [3.8, 4) is 0 Å². The monoisotopic (exact) mass is 290 g/mol. The minimum Gasteiger partial charge on any atom is -0.391 e. The Hall–Kier alpha value is -2.15. The molecular weight excluding hydrogens is 272 g/mol. The fourth-order valence-electron chi connectivity index (χ4n) is 2.77. The molecule has 7 heteroatoms. The van der Waals surface area contributed by atoms with Crippen LogP contribution in [0.15, 0.2) is 23.0 Å². The van der Waals surface area contributed by atoms with Crippen LogP contribution < -0.4 is 0 Å². The first-order chi connectivity index (χ1) is 10.0. The third kappa shape index (κ3) is 2.69. The number of carbonyl (C=O) groups excluding carboxylic acids is 1. The highest BCUT2D eigenvalue weighted by Gasteiger charge is 2.37. The van der Waals surface area contributed by atoms with Crippen molar-refractivity contribution in [1.29, 1.82) is 0 Å². The van der Waals surface area contributed by atoms with Crippen LogP contribution in [-0.2, 0) is 13.5 Å². The van der Waals surface area contributed by atoms with Crippen molar-refractivity contribution in [3.63, 3.8) is 0 Å². The van der Waals surface area contributed by atoms with Gasteiger partial charge in [-0.25, -0.2) is 0 Å². The third-order valence-electron chi connectivity index (χ3n) is 3.82. The van der Waals surface area contributed by atoms with Gasteiger partial charge in [-0.15, -0.1) is 0 Å². The van der Waals surface area contributed by atoms with Crippen LogP contribution in [0.3, 0.4) is 0 Å². The number of aryl methyl sites for hydroxylation is 2. The highest BCUT2D eigenvalue weighted by molar-refractivity contribution is 5.92. The highest BCUT2D eigenvalue weighted by atomic mass is 16.5. The maximum atomic E-state index is 12.5. The van der Waals surface area contributed by atoms with Gasteiger partial charge in [-0.2, -0.15) is 5.10 Å². The van der Waals surface area contributed by atoms with Crippen LogP contribution in [0.25, 0.3) is 0 Å². The average Bonchev–Trinajstić information content (AvgIpc) is 3.13. The van der Waals surface area contributed by atoms with Crippen molar-refractivity contribution >= 4 is 5.91 Å². The molecule has 21 heavy (non-hydrogen) atoms. The molecule has 112 valence electrons. The van der Waals surface area contributed by atoms with E-state index in [4.69, 9.17) is 4.52 Å². The summed E-state index contributed by atoms with van der Waals surface area (Å²) >= 11 is 0. The van der Waals surface area contributed by atoms with Gasteiger partial charge in [-0.3, -0.25) is 9.48 Å². The van der Waals surface area contributed by atoms with E-state index in [9.17, 15) is 9.90 Å². The molecule has 3 rings (SSSR count). The van der Waals surface area contributed by atoms with Crippen molar-refractivity contribution in [2.45, 2.75) is 31.9 Å². The lowest BCUT2D eigenvalue weighted by Crippen LogP contribution is -2.41. The zero-order valence-electron chi connectivity index (χ0n) is 12.1. The second kappa shape index (κ2) is 5.33. The van der Waals surface area contributed by atoms with Crippen LogP contribution in [0, 0.1) is 6.92 Å². The van der Waals surface area contributed by atoms with E-state index >= 15 is 0 Å². The van der Waals surface area contributed by atoms with Gasteiger partial charge in [0, 0.05) is 25.9 Å². The van der Waals surface area contributed by atoms with E-state index in [1.165, 1.54) is 0 Å². The number of aliphatic hydroxyl groups is 1. The first-order valence-electron chi connectivity index (χ1n) is 6.94. The molecule has 2 aromatic rings. The number of hydrogen-bond acceptors (Lipinski definition) is 5. The summed E-state index contributed by atoms with van der Waals surface area (Å²) in [5.41, 5.74) is 1.29. The predicted octanol–water partition coefficient (Wildman–Crippen LogP) is 0.535. The van der Waals surface area contributed by atoms with Crippen LogP contribution >= 0.6 is 0 Å². The summed E-state index contributed by atoms with van der Waals surface area (Å²) in [6, 6.07) is 1.37. The summed E-state index contributed by atoms with van der Waals surface area (Å²) in [6.45, 7) is 2.27. The molecule has 1 saturated heterocycles. The minimum atomic E-state index is -0.526. The molecule has 7 nitrogen and oxygen atoms in total. The van der Waals surface area contributed by atoms with E-state index in [0.717, 1.165) is 5.56 Å². The summed E-state index contributed by atoms with van der Waals surface area (Å²) in [5, 5.41) is 18.0. The van der Waals surface area contributed by atoms with Crippen molar-refractivity contribution in [1.82, 2.24) is 19.8 Å². The molecule has 0 radical (unpaired) electrons. The van der Waals surface area contributed by atoms with Gasteiger partial charge in [0.25, 0.3) is 5.91 Å². The van der Waals surface area contributed by atoms with Crippen LogP contribution in [-0.4, -0.2) is 49.5 Å². The predicted molar refractivity (Wildman–Crippen MR) is 73.6 cm³/mol. The van der Waals surface area contributed by atoms with Gasteiger partial charge >= 0.3 is 0 Å². The van der Waals surface area contributed by atoms with E-state index < -0.39 is 6.10 Å². The Morgan fingerprint density at radius 1 is 1.57 bits per heavy atom. The molecule has 0 aromatic carbocycles. The molecule has 3 heterocycles. The summed E-state index contributed by atoms with van der Waals surface area (Å²) < 4.78 is 6.67. The van der Waals surface area contributed by atoms with E-state index in [0.29, 0.717) is 25.1 Å². The second-order valence-electron chi connectivity index (χ2n) is 5.47. The lowest BCUT2D eigenvalue weighted by molar-refractivity contribution is 0.0630. The average molecular weight is 290 g/mol. The molecule has 1 aliphatic heterocycles. The third-order valence-corrected chi connectivity index (χ3v) is 3.82. The molecule has 2 atom stereocenters. The summed E-state index contributed by atoms with van der Waals surface area (Å²) in [6.07, 6.45) is 4.29. The van der Waals surface area contributed by atoms with Gasteiger partial charge in [0.15, 0.2) is 5.69 Å². The van der Waals surface area contributed by atoms with E-state index in [-0.39, 0.29) is 17.6 Å². The Labute approximate surface area is 122 Å². The Bertz CT molecular complexity index is 648. The lowest BCUT2D eigenvalue weighted by Gasteiger charge is -2.25. The Morgan fingerprint density at radius 3 is 3.00 bits per heavy atom. The number of nitrogens with zero attached hydrogens (tertiary/aromatic N) is 4. The van der Waals surface area contributed by atoms with E-state index in [1.54, 1.807) is 28.8 Å². The topological polar surface area (TPSA) is 84.4 Å². The van der Waals surface area contributed by atoms with Crippen molar-refractivity contribution < 1.29 is 14.4 Å². The number of carbonyl (C=O) groups is 1. The fraction of sp³-hybridized carbons (Fsp3) is 0.500. The molecule has 2 aromatic heterocycles. The molecular formula is C14H18N4O3. The maximum absolute atomic E-state index is 12.5. The Morgan fingerprint density at radius 2 is 2.38 bits per heavy atom. The van der Waals surface area contributed by atoms with E-state index in [2.05, 4.69) is 10.3 Å². The quantitative estimate of drug-likeness (QED) is 0.891. The van der Waals surface area contributed by atoms with Gasteiger partial charge in [-0.1, -0.05) is 5.16 Å². The smallest absolute Gasteiger partial charge is 0.276 e. The largest absolute Gasteiger partial charge is 0.391 e. The van der Waals surface area contributed by atoms with Crippen molar-refractivity contribution in [3.05, 3.63) is 35.5 Å². The van der Waals surface area contributed by atoms with Gasteiger partial charge in [-0.05, 0) is 25.3 Å². The first kappa shape index (κ1) is 13.8. The molecule has 1 amide bonds. The molecule has 1 aliphatic rings. The van der Waals surface area contributed by atoms with Gasteiger partial charge < -0.3 is 14.5 Å². The Kier molecular flexibility index (Phi) is 3.50.